The first kappa shape index (κ1) is 16.4. The first-order valence-electron chi connectivity index (χ1n) is 8.09. The number of hydrogen-bond acceptors (Lipinski definition) is 1. The Labute approximate surface area is 120 Å². The Hall–Kier alpha value is 0.350. The summed E-state index contributed by atoms with van der Waals surface area (Å²) in [4.78, 5) is 0. The fourth-order valence-corrected chi connectivity index (χ4v) is 4.30. The van der Waals surface area contributed by atoms with Crippen molar-refractivity contribution in [3.63, 3.8) is 0 Å². The van der Waals surface area contributed by atoms with E-state index in [4.69, 9.17) is 0 Å². The van der Waals surface area contributed by atoms with Crippen molar-refractivity contribution < 1.29 is 0 Å². The van der Waals surface area contributed by atoms with Crippen LogP contribution in [0.15, 0.2) is 0 Å². The molecule has 0 radical (unpaired) electrons. The molecule has 2 aliphatic carbocycles. The van der Waals surface area contributed by atoms with Gasteiger partial charge in [0.1, 0.15) is 0 Å². The molecule has 0 aromatic carbocycles. The van der Waals surface area contributed by atoms with E-state index in [9.17, 15) is 0 Å². The first-order valence-corrected chi connectivity index (χ1v) is 9.48. The maximum Gasteiger partial charge on any atom is -0.00704 e. The van der Waals surface area contributed by atoms with E-state index in [1.165, 1.54) is 18.6 Å². The monoisotopic (exact) mass is 270 g/mol. The molecule has 0 aromatic rings. The van der Waals surface area contributed by atoms with Crippen molar-refractivity contribution in [2.75, 3.05) is 12.0 Å². The molecular weight excluding hydrogens is 236 g/mol. The van der Waals surface area contributed by atoms with Crippen LogP contribution in [0.5, 0.6) is 0 Å². The van der Waals surface area contributed by atoms with Gasteiger partial charge >= 0.3 is 0 Å². The fourth-order valence-electron chi connectivity index (χ4n) is 3.72. The highest BCUT2D eigenvalue weighted by Crippen LogP contribution is 2.52. The molecule has 0 N–H and O–H groups in total. The van der Waals surface area contributed by atoms with E-state index in [2.05, 4.69) is 34.0 Å². The number of rotatable bonds is 5. The minimum absolute atomic E-state index is 0.898. The first-order chi connectivity index (χ1) is 8.60. The van der Waals surface area contributed by atoms with Gasteiger partial charge in [-0.2, -0.15) is 11.8 Å². The number of thioether (sulfide) groups is 1. The Balaban J connectivity index is 0.000000232. The van der Waals surface area contributed by atoms with Crippen LogP contribution in [0.4, 0.5) is 0 Å². The smallest absolute Gasteiger partial charge is 0.00704 e. The van der Waals surface area contributed by atoms with E-state index in [0.717, 1.165) is 29.6 Å². The third kappa shape index (κ3) is 4.79. The molecule has 2 aliphatic rings. The van der Waals surface area contributed by atoms with E-state index in [-0.39, 0.29) is 0 Å². The Morgan fingerprint density at radius 3 is 2.17 bits per heavy atom. The topological polar surface area (TPSA) is 0 Å². The van der Waals surface area contributed by atoms with Crippen molar-refractivity contribution in [1.29, 1.82) is 0 Å². The summed E-state index contributed by atoms with van der Waals surface area (Å²) < 4.78 is 0. The van der Waals surface area contributed by atoms with E-state index in [1.54, 1.807) is 25.7 Å². The zero-order valence-corrected chi connectivity index (χ0v) is 14.1. The molecule has 2 saturated carbocycles. The highest BCUT2D eigenvalue weighted by molar-refractivity contribution is 7.98. The third-order valence-electron chi connectivity index (χ3n) is 5.22. The predicted octanol–water partition coefficient (Wildman–Crippen LogP) is 5.86. The average Bonchev–Trinajstić information content (AvgIpc) is 2.98. The summed E-state index contributed by atoms with van der Waals surface area (Å²) in [5.74, 6) is 6.53. The summed E-state index contributed by atoms with van der Waals surface area (Å²) >= 11 is 1.93. The van der Waals surface area contributed by atoms with Gasteiger partial charge in [-0.1, -0.05) is 40.5 Å². The summed E-state index contributed by atoms with van der Waals surface area (Å²) in [6, 6.07) is 0. The summed E-state index contributed by atoms with van der Waals surface area (Å²) in [6.07, 6.45) is 11.1. The van der Waals surface area contributed by atoms with Crippen molar-refractivity contribution in [2.45, 2.75) is 66.2 Å². The van der Waals surface area contributed by atoms with Gasteiger partial charge < -0.3 is 0 Å². The Morgan fingerprint density at radius 1 is 1.11 bits per heavy atom. The molecule has 2 rings (SSSR count). The third-order valence-corrected chi connectivity index (χ3v) is 5.92. The van der Waals surface area contributed by atoms with Crippen LogP contribution in [-0.4, -0.2) is 12.0 Å². The lowest BCUT2D eigenvalue weighted by atomic mass is 9.75. The summed E-state index contributed by atoms with van der Waals surface area (Å²) in [5, 5.41) is 0. The van der Waals surface area contributed by atoms with E-state index < -0.39 is 0 Å². The molecule has 0 nitrogen and oxygen atoms in total. The van der Waals surface area contributed by atoms with Crippen molar-refractivity contribution >= 4 is 11.8 Å². The molecule has 18 heavy (non-hydrogen) atoms. The van der Waals surface area contributed by atoms with Crippen molar-refractivity contribution in [3.05, 3.63) is 0 Å². The van der Waals surface area contributed by atoms with Crippen LogP contribution in [-0.2, 0) is 0 Å². The van der Waals surface area contributed by atoms with Crippen LogP contribution in [0.3, 0.4) is 0 Å². The van der Waals surface area contributed by atoms with Gasteiger partial charge in [-0.15, -0.1) is 0 Å². The van der Waals surface area contributed by atoms with Gasteiger partial charge in [-0.3, -0.25) is 0 Å². The zero-order chi connectivity index (χ0) is 13.5. The van der Waals surface area contributed by atoms with E-state index >= 15 is 0 Å². The molecule has 4 unspecified atom stereocenters. The van der Waals surface area contributed by atoms with E-state index in [1.807, 2.05) is 11.8 Å². The SMILES string of the molecule is CC(C)C(C)C1CC2CCC1C2.CCCCSC. The maximum absolute atomic E-state index is 2.47. The standard InChI is InChI=1S/C12H22.C5H12S/c1-8(2)9(3)12-7-10-4-5-11(12)6-10;1-3-4-5-6-2/h8-12H,4-7H2,1-3H3;3-5H2,1-2H3. The average molecular weight is 271 g/mol. The molecule has 0 saturated heterocycles. The van der Waals surface area contributed by atoms with E-state index in [0.29, 0.717) is 0 Å². The molecule has 0 amide bonds. The van der Waals surface area contributed by atoms with Crippen LogP contribution < -0.4 is 0 Å². The van der Waals surface area contributed by atoms with Gasteiger partial charge in [0, 0.05) is 0 Å². The lowest BCUT2D eigenvalue weighted by molar-refractivity contribution is 0.195. The van der Waals surface area contributed by atoms with Crippen LogP contribution in [0.1, 0.15) is 66.2 Å². The summed E-state index contributed by atoms with van der Waals surface area (Å²) in [7, 11) is 0. The highest BCUT2D eigenvalue weighted by atomic mass is 32.2. The van der Waals surface area contributed by atoms with Gasteiger partial charge in [0.2, 0.25) is 0 Å². The molecule has 108 valence electrons. The van der Waals surface area contributed by atoms with Gasteiger partial charge in [0.25, 0.3) is 0 Å². The van der Waals surface area contributed by atoms with Gasteiger partial charge in [-0.25, -0.2) is 0 Å². The second-order valence-corrected chi connectivity index (χ2v) is 7.77. The maximum atomic E-state index is 2.47. The van der Waals surface area contributed by atoms with Crippen molar-refractivity contribution in [1.82, 2.24) is 0 Å². The fraction of sp³-hybridized carbons (Fsp3) is 1.00. The summed E-state index contributed by atoms with van der Waals surface area (Å²) in [6.45, 7) is 9.46. The number of unbranched alkanes of at least 4 members (excludes halogenated alkanes) is 1. The summed E-state index contributed by atoms with van der Waals surface area (Å²) in [5.41, 5.74) is 0. The molecule has 2 bridgehead atoms. The minimum atomic E-state index is 0.898. The second-order valence-electron chi connectivity index (χ2n) is 6.79. The lowest BCUT2D eigenvalue weighted by Crippen LogP contribution is -2.22. The second kappa shape index (κ2) is 8.51. The molecule has 4 atom stereocenters. The Bertz CT molecular complexity index is 208. The molecule has 1 heteroatoms. The van der Waals surface area contributed by atoms with Crippen molar-refractivity contribution in [3.8, 4) is 0 Å². The van der Waals surface area contributed by atoms with Crippen molar-refractivity contribution in [2.24, 2.45) is 29.6 Å². The zero-order valence-electron chi connectivity index (χ0n) is 13.2. The largest absolute Gasteiger partial charge is 0.165 e. The van der Waals surface area contributed by atoms with Gasteiger partial charge in [0.15, 0.2) is 0 Å². The van der Waals surface area contributed by atoms with Crippen LogP contribution in [0, 0.1) is 29.6 Å². The lowest BCUT2D eigenvalue weighted by Gasteiger charge is -2.30. The predicted molar refractivity (Wildman–Crippen MR) is 86.2 cm³/mol. The normalized spacial score (nSPS) is 31.3. The molecular formula is C17H34S. The Kier molecular flexibility index (Phi) is 7.75. The molecule has 0 aliphatic heterocycles. The molecule has 0 spiro atoms. The molecule has 2 fully saturated rings. The quantitative estimate of drug-likeness (QED) is 0.563. The Morgan fingerprint density at radius 2 is 1.83 bits per heavy atom. The molecule has 0 aromatic heterocycles. The number of fused-ring (bicyclic) bond motifs is 2. The van der Waals surface area contributed by atoms with Crippen LogP contribution >= 0.6 is 11.8 Å². The number of hydrogen-bond donors (Lipinski definition) is 0. The molecule has 0 heterocycles. The highest BCUT2D eigenvalue weighted by Gasteiger charge is 2.42. The van der Waals surface area contributed by atoms with Crippen LogP contribution in [0.25, 0.3) is 0 Å². The van der Waals surface area contributed by atoms with Crippen LogP contribution in [0.2, 0.25) is 0 Å². The minimum Gasteiger partial charge on any atom is -0.165 e. The van der Waals surface area contributed by atoms with Gasteiger partial charge in [-0.05, 0) is 67.3 Å². The van der Waals surface area contributed by atoms with Gasteiger partial charge in [0.05, 0.1) is 0 Å².